The Labute approximate surface area is 93.6 Å². The predicted molar refractivity (Wildman–Crippen MR) is 59.8 cm³/mol. The average molecular weight is 219 g/mol. The van der Waals surface area contributed by atoms with E-state index in [1.807, 2.05) is 20.8 Å². The molecule has 0 aromatic heterocycles. The number of carbonyl (C=O) groups excluding carboxylic acids is 2. The van der Waals surface area contributed by atoms with Crippen molar-refractivity contribution in [3.05, 3.63) is 23.8 Å². The summed E-state index contributed by atoms with van der Waals surface area (Å²) in [7, 11) is 0. The summed E-state index contributed by atoms with van der Waals surface area (Å²) < 4.78 is 5.67. The summed E-state index contributed by atoms with van der Waals surface area (Å²) >= 11 is 0. The zero-order chi connectivity index (χ0) is 11.9. The number of nitrogens with one attached hydrogen (secondary N) is 1. The van der Waals surface area contributed by atoms with Crippen LogP contribution in [0.3, 0.4) is 0 Å². The van der Waals surface area contributed by atoms with Gasteiger partial charge in [-0.15, -0.1) is 0 Å². The monoisotopic (exact) mass is 219 g/mol. The van der Waals surface area contributed by atoms with Crippen LogP contribution in [-0.2, 0) is 4.79 Å². The number of para-hydroxylation sites is 1. The Morgan fingerprint density at radius 1 is 1.19 bits per heavy atom. The van der Waals surface area contributed by atoms with Crippen molar-refractivity contribution in [3.8, 4) is 5.75 Å². The maximum atomic E-state index is 11.4. The minimum atomic E-state index is -0.597. The summed E-state index contributed by atoms with van der Waals surface area (Å²) in [6.45, 7) is 5.72. The van der Waals surface area contributed by atoms with E-state index in [1.54, 1.807) is 18.2 Å². The van der Waals surface area contributed by atoms with Gasteiger partial charge in [0.25, 0.3) is 11.7 Å². The lowest BCUT2D eigenvalue weighted by Gasteiger charge is -2.22. The van der Waals surface area contributed by atoms with Gasteiger partial charge < -0.3 is 10.1 Å². The fourth-order valence-corrected chi connectivity index (χ4v) is 1.56. The van der Waals surface area contributed by atoms with Crippen LogP contribution >= 0.6 is 0 Å². The predicted octanol–water partition coefficient (Wildman–Crippen LogP) is 2.00. The Hall–Kier alpha value is -1.84. The molecule has 1 aromatic carbocycles. The molecule has 1 heterocycles. The van der Waals surface area contributed by atoms with Gasteiger partial charge in [0, 0.05) is 0 Å². The van der Waals surface area contributed by atoms with Crippen LogP contribution < -0.4 is 10.1 Å². The van der Waals surface area contributed by atoms with Gasteiger partial charge >= 0.3 is 0 Å². The minimum Gasteiger partial charge on any atom is -0.486 e. The number of ether oxygens (including phenoxy) is 1. The Bertz CT molecular complexity index is 472. The van der Waals surface area contributed by atoms with E-state index in [9.17, 15) is 9.59 Å². The highest BCUT2D eigenvalue weighted by Crippen LogP contribution is 2.34. The summed E-state index contributed by atoms with van der Waals surface area (Å²) in [4.78, 5) is 22.7. The van der Waals surface area contributed by atoms with Crippen LogP contribution in [0.5, 0.6) is 5.75 Å². The van der Waals surface area contributed by atoms with Crippen LogP contribution in [0.4, 0.5) is 5.69 Å². The number of rotatable bonds is 1. The van der Waals surface area contributed by atoms with Gasteiger partial charge in [-0.3, -0.25) is 9.59 Å². The number of carbonyl (C=O) groups is 2. The van der Waals surface area contributed by atoms with E-state index >= 15 is 0 Å². The van der Waals surface area contributed by atoms with Crippen LogP contribution in [0.25, 0.3) is 0 Å². The van der Waals surface area contributed by atoms with E-state index in [1.165, 1.54) is 0 Å². The average Bonchev–Trinajstić information content (AvgIpc) is 2.43. The normalized spacial score (nSPS) is 14.7. The van der Waals surface area contributed by atoms with Gasteiger partial charge in [0.05, 0.1) is 11.3 Å². The molecule has 1 aliphatic rings. The first-order valence-corrected chi connectivity index (χ1v) is 5.06. The second-order valence-electron chi connectivity index (χ2n) is 4.68. The molecule has 0 aliphatic carbocycles. The summed E-state index contributed by atoms with van der Waals surface area (Å²) in [6.07, 6.45) is 0. The lowest BCUT2D eigenvalue weighted by Crippen LogP contribution is -2.23. The van der Waals surface area contributed by atoms with Crippen molar-refractivity contribution in [3.63, 3.8) is 0 Å². The Morgan fingerprint density at radius 3 is 2.50 bits per heavy atom. The molecule has 0 bridgehead atoms. The lowest BCUT2D eigenvalue weighted by atomic mass is 10.1. The summed E-state index contributed by atoms with van der Waals surface area (Å²) in [5.41, 5.74) is 0.491. The number of anilines is 1. The lowest BCUT2D eigenvalue weighted by molar-refractivity contribution is -0.112. The molecule has 0 spiro atoms. The van der Waals surface area contributed by atoms with E-state index in [-0.39, 0.29) is 5.60 Å². The second kappa shape index (κ2) is 3.33. The fraction of sp³-hybridized carbons (Fsp3) is 0.333. The van der Waals surface area contributed by atoms with Crippen molar-refractivity contribution in [1.29, 1.82) is 0 Å². The highest BCUT2D eigenvalue weighted by molar-refractivity contribution is 6.52. The highest BCUT2D eigenvalue weighted by atomic mass is 16.5. The number of ketones is 1. The molecule has 84 valence electrons. The van der Waals surface area contributed by atoms with E-state index in [2.05, 4.69) is 5.32 Å². The Kier molecular flexibility index (Phi) is 2.22. The van der Waals surface area contributed by atoms with Crippen LogP contribution in [0, 0.1) is 0 Å². The highest BCUT2D eigenvalue weighted by Gasteiger charge is 2.31. The van der Waals surface area contributed by atoms with Crippen molar-refractivity contribution in [2.24, 2.45) is 0 Å². The summed E-state index contributed by atoms with van der Waals surface area (Å²) in [5.74, 6) is -0.571. The maximum absolute atomic E-state index is 11.4. The molecule has 1 amide bonds. The fourth-order valence-electron chi connectivity index (χ4n) is 1.56. The van der Waals surface area contributed by atoms with Crippen molar-refractivity contribution in [2.45, 2.75) is 26.4 Å². The minimum absolute atomic E-state index is 0.370. The number of amides is 1. The SMILES string of the molecule is CC(C)(C)Oc1cccc2c1NC(=O)C2=O. The quantitative estimate of drug-likeness (QED) is 0.735. The first-order chi connectivity index (χ1) is 7.38. The van der Waals surface area contributed by atoms with Crippen molar-refractivity contribution >= 4 is 17.4 Å². The van der Waals surface area contributed by atoms with Gasteiger partial charge in [0.1, 0.15) is 11.4 Å². The topological polar surface area (TPSA) is 55.4 Å². The number of hydrogen-bond donors (Lipinski definition) is 1. The molecule has 1 aliphatic heterocycles. The molecule has 0 unspecified atom stereocenters. The van der Waals surface area contributed by atoms with Crippen molar-refractivity contribution < 1.29 is 14.3 Å². The molecule has 0 fully saturated rings. The summed E-state index contributed by atoms with van der Waals surface area (Å²) in [5, 5.41) is 2.52. The standard InChI is InChI=1S/C12H13NO3/c1-12(2,3)16-8-6-4-5-7-9(8)13-11(15)10(7)14/h4-6H,1-3H3,(H,13,14,15). The van der Waals surface area contributed by atoms with Crippen LogP contribution in [0.1, 0.15) is 31.1 Å². The Morgan fingerprint density at radius 2 is 1.88 bits per heavy atom. The molecule has 0 radical (unpaired) electrons. The van der Waals surface area contributed by atoms with E-state index < -0.39 is 11.7 Å². The molecule has 1 aromatic rings. The third-order valence-electron chi connectivity index (χ3n) is 2.13. The van der Waals surface area contributed by atoms with Crippen LogP contribution in [0.2, 0.25) is 0 Å². The van der Waals surface area contributed by atoms with E-state index in [4.69, 9.17) is 4.74 Å². The van der Waals surface area contributed by atoms with Crippen LogP contribution in [0.15, 0.2) is 18.2 Å². The zero-order valence-corrected chi connectivity index (χ0v) is 9.46. The molecule has 0 saturated carbocycles. The molecule has 1 N–H and O–H groups in total. The van der Waals surface area contributed by atoms with Crippen molar-refractivity contribution in [2.75, 3.05) is 5.32 Å². The third-order valence-corrected chi connectivity index (χ3v) is 2.13. The maximum Gasteiger partial charge on any atom is 0.296 e. The second-order valence-corrected chi connectivity index (χ2v) is 4.68. The van der Waals surface area contributed by atoms with Gasteiger partial charge in [0.2, 0.25) is 0 Å². The van der Waals surface area contributed by atoms with Gasteiger partial charge in [-0.25, -0.2) is 0 Å². The first kappa shape index (κ1) is 10.7. The molecular formula is C12H13NO3. The van der Waals surface area contributed by atoms with Gasteiger partial charge in [-0.1, -0.05) is 6.07 Å². The zero-order valence-electron chi connectivity index (χ0n) is 9.46. The third kappa shape index (κ3) is 1.78. The molecule has 2 rings (SSSR count). The van der Waals surface area contributed by atoms with E-state index in [0.29, 0.717) is 17.0 Å². The smallest absolute Gasteiger partial charge is 0.296 e. The largest absolute Gasteiger partial charge is 0.486 e. The molecule has 16 heavy (non-hydrogen) atoms. The van der Waals surface area contributed by atoms with Crippen molar-refractivity contribution in [1.82, 2.24) is 0 Å². The molecule has 0 saturated heterocycles. The Balaban J connectivity index is 2.44. The number of hydrogen-bond acceptors (Lipinski definition) is 3. The number of benzene rings is 1. The first-order valence-electron chi connectivity index (χ1n) is 5.06. The molecule has 4 heteroatoms. The number of Topliss-reactive ketones (excluding diaryl/α,β-unsaturated/α-hetero) is 1. The summed E-state index contributed by atoms with van der Waals surface area (Å²) in [6, 6.07) is 5.06. The van der Waals surface area contributed by atoms with Gasteiger partial charge in [0.15, 0.2) is 0 Å². The molecule has 0 atom stereocenters. The van der Waals surface area contributed by atoms with Crippen LogP contribution in [-0.4, -0.2) is 17.3 Å². The van der Waals surface area contributed by atoms with Gasteiger partial charge in [-0.2, -0.15) is 0 Å². The molecular weight excluding hydrogens is 206 g/mol. The number of fused-ring (bicyclic) bond motifs is 1. The molecule has 4 nitrogen and oxygen atoms in total. The van der Waals surface area contributed by atoms with E-state index in [0.717, 1.165) is 0 Å². The van der Waals surface area contributed by atoms with Gasteiger partial charge in [-0.05, 0) is 32.9 Å².